The van der Waals surface area contributed by atoms with Gasteiger partial charge in [0.15, 0.2) is 0 Å². The maximum absolute atomic E-state index is 11.1. The Hall–Kier alpha value is -4.42. The average molecular weight is 783 g/mol. The van der Waals surface area contributed by atoms with Gasteiger partial charge in [-0.15, -0.1) is 8.67 Å². The molecule has 0 atom stereocenters. The molecule has 51 heavy (non-hydrogen) atoms. The molecule has 0 aliphatic heterocycles. The number of rotatable bonds is 8. The lowest BCUT2D eigenvalue weighted by atomic mass is 10.1. The van der Waals surface area contributed by atoms with Crippen LogP contribution in [-0.4, -0.2) is 56.9 Å². The molecule has 0 saturated carbocycles. The van der Waals surface area contributed by atoms with E-state index in [4.69, 9.17) is 19.6 Å². The summed E-state index contributed by atoms with van der Waals surface area (Å²) in [5.41, 5.74) is 1.01. The zero-order valence-electron chi connectivity index (χ0n) is 25.6. The lowest BCUT2D eigenvalue weighted by Gasteiger charge is -2.06. The Balaban J connectivity index is 0.000000172. The van der Waals surface area contributed by atoms with Crippen LogP contribution in [0.15, 0.2) is 111 Å². The van der Waals surface area contributed by atoms with Crippen molar-refractivity contribution in [3.8, 4) is 23.0 Å². The van der Waals surface area contributed by atoms with Crippen molar-refractivity contribution in [2.75, 3.05) is 0 Å². The fourth-order valence-corrected chi connectivity index (χ4v) is 6.93. The van der Waals surface area contributed by atoms with E-state index in [1.165, 1.54) is 30.3 Å². The summed E-state index contributed by atoms with van der Waals surface area (Å²) in [7, 11) is -8.89. The predicted octanol–water partition coefficient (Wildman–Crippen LogP) is 7.00. The number of hydrogen-bond donors (Lipinski definition) is 8. The standard InChI is InChI=1S/C11H10O4S.C10H8O7S2.C10H8O5S/c1-7-4-10(16-15-14-13)5-8-2-3-9(12)6-11(7)8;11-9-4-6-1-2-8(18-17-16-12)3-7(6)5-10(9)19(13,14)15;11-7-3-1-2-6-9(16(13,14)15)5-4-8(12)10(6)7/h2-6,12-13H,1H3;1-5,11-12H,(H,13,14,15);1-5,11-12H,(H,13,14,15). The number of phenolic OH excluding ortho intramolecular Hbond substituents is 4. The van der Waals surface area contributed by atoms with Gasteiger partial charge in [0.25, 0.3) is 20.2 Å². The summed E-state index contributed by atoms with van der Waals surface area (Å²) in [6.07, 6.45) is 0. The molecule has 0 aromatic heterocycles. The van der Waals surface area contributed by atoms with E-state index in [0.717, 1.165) is 51.5 Å². The van der Waals surface area contributed by atoms with Crippen LogP contribution in [0, 0.1) is 6.92 Å². The first-order chi connectivity index (χ1) is 24.0. The maximum atomic E-state index is 11.1. The monoisotopic (exact) mass is 782 g/mol. The van der Waals surface area contributed by atoms with Gasteiger partial charge < -0.3 is 20.4 Å². The van der Waals surface area contributed by atoms with Crippen molar-refractivity contribution in [3.05, 3.63) is 96.6 Å². The number of aromatic hydroxyl groups is 4. The third-order valence-electron chi connectivity index (χ3n) is 6.84. The molecule has 20 heteroatoms. The maximum Gasteiger partial charge on any atom is 0.298 e. The number of phenols is 4. The van der Waals surface area contributed by atoms with E-state index in [-0.39, 0.29) is 32.9 Å². The van der Waals surface area contributed by atoms with Crippen molar-refractivity contribution in [1.82, 2.24) is 0 Å². The Morgan fingerprint density at radius 2 is 1.16 bits per heavy atom. The molecule has 6 aromatic rings. The highest BCUT2D eigenvalue weighted by molar-refractivity contribution is 7.94. The van der Waals surface area contributed by atoms with E-state index in [1.807, 2.05) is 25.1 Å². The van der Waals surface area contributed by atoms with Crippen molar-refractivity contribution < 1.29 is 75.6 Å². The second-order valence-electron chi connectivity index (χ2n) is 10.2. The van der Waals surface area contributed by atoms with Crippen LogP contribution in [0.25, 0.3) is 32.3 Å². The van der Waals surface area contributed by atoms with E-state index in [0.29, 0.717) is 27.7 Å². The normalized spacial score (nSPS) is 11.5. The third kappa shape index (κ3) is 10.1. The van der Waals surface area contributed by atoms with E-state index in [9.17, 15) is 37.3 Å². The molecule has 0 heterocycles. The van der Waals surface area contributed by atoms with Crippen molar-refractivity contribution >= 4 is 76.6 Å². The Labute approximate surface area is 297 Å². The highest BCUT2D eigenvalue weighted by atomic mass is 32.2. The third-order valence-corrected chi connectivity index (χ3v) is 9.77. The molecule has 6 rings (SSSR count). The predicted molar refractivity (Wildman–Crippen MR) is 184 cm³/mol. The van der Waals surface area contributed by atoms with Gasteiger partial charge in [0.1, 0.15) is 32.8 Å². The van der Waals surface area contributed by atoms with Crippen LogP contribution in [0.4, 0.5) is 0 Å². The summed E-state index contributed by atoms with van der Waals surface area (Å²) >= 11 is 1.63. The average Bonchev–Trinajstić information content (AvgIpc) is 3.06. The molecule has 0 amide bonds. The largest absolute Gasteiger partial charge is 0.508 e. The molecule has 0 saturated heterocycles. The first kappa shape index (κ1) is 39.4. The highest BCUT2D eigenvalue weighted by Crippen LogP contribution is 2.36. The number of fused-ring (bicyclic) bond motifs is 3. The molecule has 8 N–H and O–H groups in total. The zero-order valence-corrected chi connectivity index (χ0v) is 28.9. The van der Waals surface area contributed by atoms with Crippen molar-refractivity contribution in [2.24, 2.45) is 0 Å². The molecule has 0 unspecified atom stereocenters. The van der Waals surface area contributed by atoms with Crippen LogP contribution in [0.5, 0.6) is 23.0 Å². The van der Waals surface area contributed by atoms with Crippen LogP contribution in [-0.2, 0) is 39.0 Å². The quantitative estimate of drug-likeness (QED) is 0.0334. The molecule has 0 bridgehead atoms. The molecular formula is C31H26O16S4. The van der Waals surface area contributed by atoms with Gasteiger partial charge in [-0.25, -0.2) is 10.5 Å². The van der Waals surface area contributed by atoms with Crippen molar-refractivity contribution in [1.29, 1.82) is 0 Å². The van der Waals surface area contributed by atoms with Crippen molar-refractivity contribution in [2.45, 2.75) is 26.5 Å². The zero-order chi connectivity index (χ0) is 37.5. The Morgan fingerprint density at radius 1 is 0.549 bits per heavy atom. The minimum atomic E-state index is -4.51. The molecular weight excluding hydrogens is 757 g/mol. The number of aryl methyl sites for hydroxylation is 1. The van der Waals surface area contributed by atoms with E-state index >= 15 is 0 Å². The van der Waals surface area contributed by atoms with Gasteiger partial charge in [-0.1, -0.05) is 34.3 Å². The van der Waals surface area contributed by atoms with Gasteiger partial charge in [-0.3, -0.25) is 9.11 Å². The van der Waals surface area contributed by atoms with E-state index in [1.54, 1.807) is 24.3 Å². The van der Waals surface area contributed by atoms with Gasteiger partial charge in [0, 0.05) is 15.2 Å². The fraction of sp³-hybridized carbons (Fsp3) is 0.0323. The van der Waals surface area contributed by atoms with Crippen LogP contribution >= 0.6 is 24.1 Å². The van der Waals surface area contributed by atoms with Crippen LogP contribution in [0.3, 0.4) is 0 Å². The molecule has 0 fully saturated rings. The second-order valence-corrected chi connectivity index (χ2v) is 14.5. The lowest BCUT2D eigenvalue weighted by Crippen LogP contribution is -1.98. The minimum absolute atomic E-state index is 0.00220. The smallest absolute Gasteiger partial charge is 0.298 e. The summed E-state index contributed by atoms with van der Waals surface area (Å²) in [6, 6.07) is 22.3. The van der Waals surface area contributed by atoms with E-state index in [2.05, 4.69) is 18.7 Å². The second kappa shape index (κ2) is 16.7. The highest BCUT2D eigenvalue weighted by Gasteiger charge is 2.18. The molecule has 0 aliphatic carbocycles. The van der Waals surface area contributed by atoms with Gasteiger partial charge >= 0.3 is 0 Å². The van der Waals surface area contributed by atoms with E-state index < -0.39 is 30.9 Å². The summed E-state index contributed by atoms with van der Waals surface area (Å²) < 4.78 is 70.8. The van der Waals surface area contributed by atoms with Crippen LogP contribution in [0.2, 0.25) is 0 Å². The Bertz CT molecular complexity index is 2410. The van der Waals surface area contributed by atoms with Gasteiger partial charge in [0.05, 0.1) is 29.5 Å². The van der Waals surface area contributed by atoms with Gasteiger partial charge in [0.2, 0.25) is 0 Å². The topological polar surface area (TPSA) is 267 Å². The van der Waals surface area contributed by atoms with Crippen LogP contribution in [0.1, 0.15) is 5.56 Å². The Kier molecular flexibility index (Phi) is 12.9. The van der Waals surface area contributed by atoms with Crippen LogP contribution < -0.4 is 0 Å². The van der Waals surface area contributed by atoms with Crippen molar-refractivity contribution in [3.63, 3.8) is 0 Å². The first-order valence-electron chi connectivity index (χ1n) is 13.7. The summed E-state index contributed by atoms with van der Waals surface area (Å²) in [6.45, 7) is 1.94. The first-order valence-corrected chi connectivity index (χ1v) is 18.1. The summed E-state index contributed by atoms with van der Waals surface area (Å²) in [5.74, 6) is -0.794. The summed E-state index contributed by atoms with van der Waals surface area (Å²) in [4.78, 5) is 0.399. The SMILES string of the molecule is Cc1cc(SOOO)cc2ccc(O)cc12.O=S(=O)(O)c1cc2cc(SOOO)ccc2cc1O.O=S(=O)(O)c1ccc(O)c2c(O)cccc12. The lowest BCUT2D eigenvalue weighted by molar-refractivity contribution is -0.432. The Morgan fingerprint density at radius 3 is 1.80 bits per heavy atom. The molecule has 0 radical (unpaired) electrons. The number of hydrogen-bond acceptors (Lipinski definition) is 16. The molecule has 6 aromatic carbocycles. The molecule has 16 nitrogen and oxygen atoms in total. The molecule has 0 aliphatic rings. The summed E-state index contributed by atoms with van der Waals surface area (Å²) in [5, 5.41) is 64.1. The van der Waals surface area contributed by atoms with Gasteiger partial charge in [-0.2, -0.15) is 16.8 Å². The molecule has 270 valence electrons. The van der Waals surface area contributed by atoms with Gasteiger partial charge in [-0.05, 0) is 101 Å². The molecule has 0 spiro atoms. The number of benzene rings is 6. The minimum Gasteiger partial charge on any atom is -0.508 e. The fourth-order valence-electron chi connectivity index (χ4n) is 4.72.